The number of hydrogen-bond donors (Lipinski definition) is 5. The van der Waals surface area contributed by atoms with E-state index in [1.54, 1.807) is 13.8 Å². The Morgan fingerprint density at radius 2 is 1.57 bits per heavy atom. The van der Waals surface area contributed by atoms with Crippen molar-refractivity contribution in [3.05, 3.63) is 35.9 Å². The lowest BCUT2D eigenvalue weighted by atomic mass is 10.0. The van der Waals surface area contributed by atoms with Crippen LogP contribution >= 0.6 is 0 Å². The van der Waals surface area contributed by atoms with Crippen molar-refractivity contribution < 1.29 is 51.7 Å². The number of nitrogens with two attached hydrogens (primary N) is 1. The number of carboxylic acid groups (broad SMARTS) is 1. The van der Waals surface area contributed by atoms with Gasteiger partial charge in [0.1, 0.15) is 18.6 Å². The molecule has 0 bridgehead atoms. The summed E-state index contributed by atoms with van der Waals surface area (Å²) in [4.78, 5) is 56.3. The van der Waals surface area contributed by atoms with Gasteiger partial charge in [0.2, 0.25) is 17.7 Å². The third-order valence-electron chi connectivity index (χ3n) is 4.32. The van der Waals surface area contributed by atoms with Gasteiger partial charge in [-0.15, -0.1) is 0 Å². The number of carbonyl (C=O) groups is 5. The number of methoxy groups -OCH3 is 1. The maximum atomic E-state index is 12.4. The highest BCUT2D eigenvalue weighted by Gasteiger charge is 2.38. The average molecular weight is 537 g/mol. The highest BCUT2D eigenvalue weighted by atomic mass is 19.4. The van der Waals surface area contributed by atoms with E-state index < -0.39 is 47.9 Å². The van der Waals surface area contributed by atoms with Crippen molar-refractivity contribution in [2.45, 2.75) is 38.7 Å². The first-order valence-corrected chi connectivity index (χ1v) is 10.8. The number of alkyl halides is 3. The summed E-state index contributed by atoms with van der Waals surface area (Å²) in [5, 5.41) is 14.4. The SMILES string of the molecule is COC(=O)CNC(=O)CNC(=O)[C@@H](NC(=O)[C@@H](N)COCc1ccccc1)C(C)C.O=C(O)C(F)(F)F. The number of esters is 1. The van der Waals surface area contributed by atoms with E-state index in [0.29, 0.717) is 6.61 Å². The molecule has 0 heterocycles. The summed E-state index contributed by atoms with van der Waals surface area (Å²) < 4.78 is 41.6. The maximum Gasteiger partial charge on any atom is 0.490 e. The largest absolute Gasteiger partial charge is 0.490 e. The highest BCUT2D eigenvalue weighted by molar-refractivity contribution is 5.92. The van der Waals surface area contributed by atoms with E-state index in [1.807, 2.05) is 30.3 Å². The lowest BCUT2D eigenvalue weighted by Gasteiger charge is -2.23. The van der Waals surface area contributed by atoms with Crippen LogP contribution in [0.5, 0.6) is 0 Å². The molecule has 0 spiro atoms. The first kappa shape index (κ1) is 33.3. The number of ether oxygens (including phenoxy) is 2. The van der Waals surface area contributed by atoms with Gasteiger partial charge in [-0.25, -0.2) is 4.79 Å². The fraction of sp³-hybridized carbons (Fsp3) is 0.500. The minimum Gasteiger partial charge on any atom is -0.475 e. The molecule has 0 unspecified atom stereocenters. The third kappa shape index (κ3) is 15.1. The number of benzene rings is 1. The zero-order chi connectivity index (χ0) is 28.6. The molecule has 208 valence electrons. The Bertz CT molecular complexity index is 898. The molecule has 1 aromatic carbocycles. The molecule has 2 atom stereocenters. The minimum atomic E-state index is -5.08. The second-order valence-corrected chi connectivity index (χ2v) is 7.71. The highest BCUT2D eigenvalue weighted by Crippen LogP contribution is 2.13. The first-order valence-electron chi connectivity index (χ1n) is 10.8. The maximum absolute atomic E-state index is 12.4. The van der Waals surface area contributed by atoms with Crippen LogP contribution in [0.4, 0.5) is 13.2 Å². The second kappa shape index (κ2) is 16.9. The minimum absolute atomic E-state index is 0.0108. The van der Waals surface area contributed by atoms with E-state index in [2.05, 4.69) is 20.7 Å². The molecule has 15 heteroatoms. The van der Waals surface area contributed by atoms with Gasteiger partial charge in [-0.3, -0.25) is 19.2 Å². The summed E-state index contributed by atoms with van der Waals surface area (Å²) in [6.45, 7) is 3.16. The Kier molecular flexibility index (Phi) is 15.2. The van der Waals surface area contributed by atoms with Crippen molar-refractivity contribution in [2.75, 3.05) is 26.8 Å². The molecular weight excluding hydrogens is 505 g/mol. The third-order valence-corrected chi connectivity index (χ3v) is 4.32. The number of halogens is 3. The molecule has 0 radical (unpaired) electrons. The van der Waals surface area contributed by atoms with E-state index in [4.69, 9.17) is 20.4 Å². The van der Waals surface area contributed by atoms with Crippen LogP contribution in [0.15, 0.2) is 30.3 Å². The van der Waals surface area contributed by atoms with Crippen LogP contribution in [0.1, 0.15) is 19.4 Å². The standard InChI is InChI=1S/C20H30N4O6.C2HF3O2/c1-13(2)18(20(28)23-9-16(25)22-10-17(26)29-3)24-19(27)15(21)12-30-11-14-7-5-4-6-8-14;3-2(4,5)1(6)7/h4-8,13,15,18H,9-12,21H2,1-3H3,(H,22,25)(H,23,28)(H,24,27);(H,6,7)/t15-,18-;/m0./s1. The summed E-state index contributed by atoms with van der Waals surface area (Å²) in [7, 11) is 1.20. The number of rotatable bonds is 12. The number of carboxylic acids is 1. The predicted molar refractivity (Wildman–Crippen MR) is 123 cm³/mol. The van der Waals surface area contributed by atoms with Crippen LogP contribution in [-0.4, -0.2) is 79.8 Å². The number of amides is 3. The molecule has 0 aliphatic rings. The summed E-state index contributed by atoms with van der Waals surface area (Å²) in [5.74, 6) is -5.24. The summed E-state index contributed by atoms with van der Waals surface area (Å²) in [5.41, 5.74) is 6.81. The van der Waals surface area contributed by atoms with Crippen molar-refractivity contribution in [2.24, 2.45) is 11.7 Å². The Morgan fingerprint density at radius 1 is 1.00 bits per heavy atom. The van der Waals surface area contributed by atoms with Crippen molar-refractivity contribution in [1.82, 2.24) is 16.0 Å². The lowest BCUT2D eigenvalue weighted by molar-refractivity contribution is -0.192. The lowest BCUT2D eigenvalue weighted by Crippen LogP contribution is -2.55. The average Bonchev–Trinajstić information content (AvgIpc) is 2.84. The first-order chi connectivity index (χ1) is 17.2. The monoisotopic (exact) mass is 536 g/mol. The molecule has 6 N–H and O–H groups in total. The predicted octanol–water partition coefficient (Wildman–Crippen LogP) is -0.290. The number of nitrogens with one attached hydrogen (secondary N) is 3. The Morgan fingerprint density at radius 3 is 2.05 bits per heavy atom. The molecule has 0 aliphatic heterocycles. The topological polar surface area (TPSA) is 186 Å². The van der Waals surface area contributed by atoms with Crippen LogP contribution in [-0.2, 0) is 40.1 Å². The van der Waals surface area contributed by atoms with Gasteiger partial charge < -0.3 is 36.3 Å². The summed E-state index contributed by atoms with van der Waals surface area (Å²) >= 11 is 0. The Balaban J connectivity index is 0.00000161. The molecule has 0 saturated heterocycles. The molecule has 1 aromatic rings. The Labute approximate surface area is 211 Å². The van der Waals surface area contributed by atoms with Crippen molar-refractivity contribution >= 4 is 29.7 Å². The molecule has 0 aliphatic carbocycles. The second-order valence-electron chi connectivity index (χ2n) is 7.71. The van der Waals surface area contributed by atoms with Crippen LogP contribution < -0.4 is 21.7 Å². The molecule has 0 saturated carbocycles. The van der Waals surface area contributed by atoms with Gasteiger partial charge in [-0.1, -0.05) is 44.2 Å². The normalized spacial score (nSPS) is 12.3. The molecule has 1 rings (SSSR count). The number of carbonyl (C=O) groups excluding carboxylic acids is 4. The van der Waals surface area contributed by atoms with Crippen LogP contribution in [0.25, 0.3) is 0 Å². The van der Waals surface area contributed by atoms with Gasteiger partial charge in [-0.2, -0.15) is 13.2 Å². The summed E-state index contributed by atoms with van der Waals surface area (Å²) in [6, 6.07) is 7.61. The van der Waals surface area contributed by atoms with Gasteiger partial charge in [0, 0.05) is 0 Å². The molecule has 0 aromatic heterocycles. The molecule has 3 amide bonds. The van der Waals surface area contributed by atoms with Crippen molar-refractivity contribution in [1.29, 1.82) is 0 Å². The van der Waals surface area contributed by atoms with Gasteiger partial charge in [0.15, 0.2) is 0 Å². The smallest absolute Gasteiger partial charge is 0.475 e. The van der Waals surface area contributed by atoms with Gasteiger partial charge in [-0.05, 0) is 11.5 Å². The van der Waals surface area contributed by atoms with E-state index in [0.717, 1.165) is 5.56 Å². The molecule has 12 nitrogen and oxygen atoms in total. The molecule has 37 heavy (non-hydrogen) atoms. The van der Waals surface area contributed by atoms with E-state index in [-0.39, 0.29) is 25.6 Å². The zero-order valence-corrected chi connectivity index (χ0v) is 20.5. The van der Waals surface area contributed by atoms with Crippen LogP contribution in [0.3, 0.4) is 0 Å². The number of hydrogen-bond acceptors (Lipinski definition) is 8. The quantitative estimate of drug-likeness (QED) is 0.224. The zero-order valence-electron chi connectivity index (χ0n) is 20.5. The molecular formula is C22H31F3N4O8. The van der Waals surface area contributed by atoms with Gasteiger partial charge in [0.25, 0.3) is 0 Å². The Hall–Kier alpha value is -3.72. The fourth-order valence-corrected chi connectivity index (χ4v) is 2.33. The number of aliphatic carboxylic acids is 1. The van der Waals surface area contributed by atoms with Crippen LogP contribution in [0, 0.1) is 5.92 Å². The summed E-state index contributed by atoms with van der Waals surface area (Å²) in [6.07, 6.45) is -5.08. The van der Waals surface area contributed by atoms with Gasteiger partial charge in [0.05, 0.1) is 26.9 Å². The van der Waals surface area contributed by atoms with E-state index >= 15 is 0 Å². The molecule has 0 fully saturated rings. The van der Waals surface area contributed by atoms with E-state index in [1.165, 1.54) is 7.11 Å². The van der Waals surface area contributed by atoms with Crippen LogP contribution in [0.2, 0.25) is 0 Å². The fourth-order valence-electron chi connectivity index (χ4n) is 2.33. The van der Waals surface area contributed by atoms with Crippen molar-refractivity contribution in [3.8, 4) is 0 Å². The van der Waals surface area contributed by atoms with Gasteiger partial charge >= 0.3 is 18.1 Å². The van der Waals surface area contributed by atoms with E-state index in [9.17, 15) is 32.3 Å². The van der Waals surface area contributed by atoms with Crippen molar-refractivity contribution in [3.63, 3.8) is 0 Å².